The molecule has 2 rings (SSSR count). The van der Waals surface area contributed by atoms with Crippen molar-refractivity contribution in [2.24, 2.45) is 11.8 Å². The molecule has 1 saturated heterocycles. The van der Waals surface area contributed by atoms with E-state index in [0.29, 0.717) is 29.4 Å². The van der Waals surface area contributed by atoms with Crippen molar-refractivity contribution in [3.63, 3.8) is 0 Å². The monoisotopic (exact) mass is 332 g/mol. The minimum atomic E-state index is -3.40. The van der Waals surface area contributed by atoms with Gasteiger partial charge in [0.2, 0.25) is 10.0 Å². The molecule has 6 heteroatoms. The van der Waals surface area contributed by atoms with E-state index in [9.17, 15) is 8.42 Å². The number of pyridine rings is 1. The van der Waals surface area contributed by atoms with E-state index in [1.165, 1.54) is 6.20 Å². The Morgan fingerprint density at radius 3 is 2.67 bits per heavy atom. The number of nitrogens with zero attached hydrogens (tertiary/aromatic N) is 2. The third kappa shape index (κ3) is 2.75. The lowest BCUT2D eigenvalue weighted by Gasteiger charge is -2.34. The van der Waals surface area contributed by atoms with Gasteiger partial charge in [-0.05, 0) is 40.3 Å². The van der Waals surface area contributed by atoms with Crippen LogP contribution in [0, 0.1) is 11.8 Å². The molecule has 0 saturated carbocycles. The molecule has 0 aromatic carbocycles. The Balaban J connectivity index is 2.27. The first-order valence-corrected chi connectivity index (χ1v) is 8.25. The molecule has 1 aliphatic heterocycles. The third-order valence-electron chi connectivity index (χ3n) is 3.61. The van der Waals surface area contributed by atoms with Gasteiger partial charge in [0.05, 0.1) is 0 Å². The maximum Gasteiger partial charge on any atom is 0.244 e. The molecule has 18 heavy (non-hydrogen) atoms. The first kappa shape index (κ1) is 14.0. The summed E-state index contributed by atoms with van der Waals surface area (Å²) in [6, 6.07) is 1.60. The third-order valence-corrected chi connectivity index (χ3v) is 5.88. The molecular formula is C12H17BrN2O2S. The van der Waals surface area contributed by atoms with E-state index in [4.69, 9.17) is 0 Å². The average molecular weight is 333 g/mol. The molecule has 0 aliphatic carbocycles. The Bertz CT molecular complexity index is 533. The molecule has 2 heterocycles. The molecule has 100 valence electrons. The van der Waals surface area contributed by atoms with Crippen LogP contribution in [0.4, 0.5) is 0 Å². The van der Waals surface area contributed by atoms with E-state index in [2.05, 4.69) is 34.8 Å². The number of rotatable bonds is 2. The molecule has 0 radical (unpaired) electrons. The fraction of sp³-hybridized carbons (Fsp3) is 0.583. The van der Waals surface area contributed by atoms with Gasteiger partial charge in [-0.15, -0.1) is 0 Å². The molecule has 0 N–H and O–H groups in total. The van der Waals surface area contributed by atoms with Crippen LogP contribution in [-0.4, -0.2) is 30.8 Å². The first-order chi connectivity index (χ1) is 8.41. The summed E-state index contributed by atoms with van der Waals surface area (Å²) >= 11 is 3.25. The summed E-state index contributed by atoms with van der Waals surface area (Å²) in [6.07, 6.45) is 3.91. The molecule has 1 aliphatic rings. The van der Waals surface area contributed by atoms with Gasteiger partial charge in [0.25, 0.3) is 0 Å². The molecule has 1 aromatic heterocycles. The number of piperidine rings is 1. The first-order valence-electron chi connectivity index (χ1n) is 6.02. The van der Waals surface area contributed by atoms with Crippen LogP contribution in [0.1, 0.15) is 20.3 Å². The predicted octanol–water partition coefficient (Wildman–Crippen LogP) is 2.51. The van der Waals surface area contributed by atoms with Crippen LogP contribution in [0.2, 0.25) is 0 Å². The van der Waals surface area contributed by atoms with E-state index in [0.717, 1.165) is 6.42 Å². The Hall–Kier alpha value is -0.460. The highest BCUT2D eigenvalue weighted by Crippen LogP contribution is 2.27. The SMILES string of the molecule is CC1CCN(S(=O)(=O)c2cncc(Br)c2)CC1C. The Morgan fingerprint density at radius 2 is 2.06 bits per heavy atom. The van der Waals surface area contributed by atoms with Crippen molar-refractivity contribution in [1.82, 2.24) is 9.29 Å². The van der Waals surface area contributed by atoms with Gasteiger partial charge in [-0.2, -0.15) is 4.31 Å². The summed E-state index contributed by atoms with van der Waals surface area (Å²) in [5.74, 6) is 0.978. The van der Waals surface area contributed by atoms with Crippen molar-refractivity contribution >= 4 is 26.0 Å². The van der Waals surface area contributed by atoms with Gasteiger partial charge in [-0.1, -0.05) is 13.8 Å². The van der Waals surface area contributed by atoms with E-state index in [1.807, 2.05) is 0 Å². The number of sulfonamides is 1. The van der Waals surface area contributed by atoms with Crippen LogP contribution in [0.15, 0.2) is 27.8 Å². The predicted molar refractivity (Wildman–Crippen MR) is 73.6 cm³/mol. The van der Waals surface area contributed by atoms with Gasteiger partial charge in [-0.25, -0.2) is 8.42 Å². The van der Waals surface area contributed by atoms with Gasteiger partial charge in [-0.3, -0.25) is 4.98 Å². The fourth-order valence-electron chi connectivity index (χ4n) is 2.13. The second-order valence-electron chi connectivity index (χ2n) is 4.95. The van der Waals surface area contributed by atoms with Crippen molar-refractivity contribution in [1.29, 1.82) is 0 Å². The Kier molecular flexibility index (Phi) is 4.08. The molecular weight excluding hydrogens is 316 g/mol. The van der Waals surface area contributed by atoms with Crippen LogP contribution >= 0.6 is 15.9 Å². The second-order valence-corrected chi connectivity index (χ2v) is 7.80. The summed E-state index contributed by atoms with van der Waals surface area (Å²) in [5, 5.41) is 0. The lowest BCUT2D eigenvalue weighted by molar-refractivity contribution is 0.212. The van der Waals surface area contributed by atoms with Gasteiger partial charge < -0.3 is 0 Å². The molecule has 2 unspecified atom stereocenters. The Morgan fingerprint density at radius 1 is 1.33 bits per heavy atom. The fourth-order valence-corrected chi connectivity index (χ4v) is 4.19. The molecule has 0 spiro atoms. The minimum Gasteiger partial charge on any atom is -0.262 e. The van der Waals surface area contributed by atoms with Crippen molar-refractivity contribution in [2.45, 2.75) is 25.2 Å². The summed E-state index contributed by atoms with van der Waals surface area (Å²) < 4.78 is 27.2. The van der Waals surface area contributed by atoms with Crippen LogP contribution in [0.5, 0.6) is 0 Å². The standard InChI is InChI=1S/C12H17BrN2O2S/c1-9-3-4-15(8-10(9)2)18(16,17)12-5-11(13)6-14-7-12/h5-7,9-10H,3-4,8H2,1-2H3. The summed E-state index contributed by atoms with van der Waals surface area (Å²) in [5.41, 5.74) is 0. The van der Waals surface area contributed by atoms with Crippen LogP contribution in [-0.2, 0) is 10.0 Å². The van der Waals surface area contributed by atoms with Crippen molar-refractivity contribution in [2.75, 3.05) is 13.1 Å². The zero-order chi connectivity index (χ0) is 13.3. The summed E-state index contributed by atoms with van der Waals surface area (Å²) in [6.45, 7) is 5.47. The number of hydrogen-bond donors (Lipinski definition) is 0. The summed E-state index contributed by atoms with van der Waals surface area (Å²) in [7, 11) is -3.40. The van der Waals surface area contributed by atoms with Crippen LogP contribution in [0.3, 0.4) is 0 Å². The number of aromatic nitrogens is 1. The number of halogens is 1. The van der Waals surface area contributed by atoms with E-state index < -0.39 is 10.0 Å². The maximum absolute atomic E-state index is 12.5. The average Bonchev–Trinajstić information content (AvgIpc) is 2.32. The molecule has 1 fully saturated rings. The molecule has 0 bridgehead atoms. The highest BCUT2D eigenvalue weighted by molar-refractivity contribution is 9.10. The normalized spacial score (nSPS) is 26.2. The minimum absolute atomic E-state index is 0.263. The van der Waals surface area contributed by atoms with E-state index in [-0.39, 0.29) is 4.90 Å². The van der Waals surface area contributed by atoms with Crippen LogP contribution < -0.4 is 0 Å². The zero-order valence-corrected chi connectivity index (χ0v) is 12.9. The molecule has 0 amide bonds. The van der Waals surface area contributed by atoms with E-state index >= 15 is 0 Å². The Labute approximate surface area is 117 Å². The van der Waals surface area contributed by atoms with Crippen molar-refractivity contribution in [3.05, 3.63) is 22.9 Å². The van der Waals surface area contributed by atoms with E-state index in [1.54, 1.807) is 16.6 Å². The smallest absolute Gasteiger partial charge is 0.244 e. The van der Waals surface area contributed by atoms with Gasteiger partial charge in [0.1, 0.15) is 4.90 Å². The largest absolute Gasteiger partial charge is 0.262 e. The van der Waals surface area contributed by atoms with Gasteiger partial charge >= 0.3 is 0 Å². The molecule has 1 aromatic rings. The zero-order valence-electron chi connectivity index (χ0n) is 10.5. The van der Waals surface area contributed by atoms with Crippen molar-refractivity contribution < 1.29 is 8.42 Å². The van der Waals surface area contributed by atoms with Gasteiger partial charge in [0.15, 0.2) is 0 Å². The lowest BCUT2D eigenvalue weighted by atomic mass is 9.90. The lowest BCUT2D eigenvalue weighted by Crippen LogP contribution is -2.42. The summed E-state index contributed by atoms with van der Waals surface area (Å²) in [4.78, 5) is 4.19. The van der Waals surface area contributed by atoms with Crippen molar-refractivity contribution in [3.8, 4) is 0 Å². The maximum atomic E-state index is 12.5. The van der Waals surface area contributed by atoms with Gasteiger partial charge in [0, 0.05) is 30.0 Å². The van der Waals surface area contributed by atoms with Crippen LogP contribution in [0.25, 0.3) is 0 Å². The molecule has 4 nitrogen and oxygen atoms in total. The highest BCUT2D eigenvalue weighted by atomic mass is 79.9. The topological polar surface area (TPSA) is 50.3 Å². The molecule has 2 atom stereocenters. The quantitative estimate of drug-likeness (QED) is 0.836. The number of hydrogen-bond acceptors (Lipinski definition) is 3. The second kappa shape index (κ2) is 5.27. The highest BCUT2D eigenvalue weighted by Gasteiger charge is 2.31.